The highest BCUT2D eigenvalue weighted by atomic mass is 16.6. The minimum absolute atomic E-state index is 0.0598. The van der Waals surface area contributed by atoms with Crippen LogP contribution in [0.1, 0.15) is 290 Å². The van der Waals surface area contributed by atoms with Gasteiger partial charge in [-0.25, -0.2) is 0 Å². The summed E-state index contributed by atoms with van der Waals surface area (Å²) in [7, 11) is 0. The molecule has 0 aliphatic carbocycles. The quantitative estimate of drug-likeness (QED) is 0.0374. The molecule has 5 heteroatoms. The van der Waals surface area contributed by atoms with Crippen LogP contribution < -0.4 is 0 Å². The zero-order valence-electron chi connectivity index (χ0n) is 42.1. The van der Waals surface area contributed by atoms with Crippen LogP contribution in [0.25, 0.3) is 0 Å². The molecule has 0 heterocycles. The van der Waals surface area contributed by atoms with Crippen molar-refractivity contribution in [1.82, 2.24) is 0 Å². The molecule has 63 heavy (non-hydrogen) atoms. The Bertz CT molecular complexity index is 1040. The highest BCUT2D eigenvalue weighted by Gasteiger charge is 2.16. The van der Waals surface area contributed by atoms with Crippen molar-refractivity contribution < 1.29 is 24.2 Å². The van der Waals surface area contributed by atoms with Gasteiger partial charge < -0.3 is 14.6 Å². The molecule has 0 spiro atoms. The number of aliphatic hydroxyl groups is 1. The van der Waals surface area contributed by atoms with Gasteiger partial charge in [-0.15, -0.1) is 0 Å². The molecule has 0 aromatic rings. The van der Waals surface area contributed by atoms with E-state index in [0.717, 1.165) is 64.2 Å². The van der Waals surface area contributed by atoms with Gasteiger partial charge in [0.15, 0.2) is 6.10 Å². The molecule has 0 aliphatic rings. The van der Waals surface area contributed by atoms with Crippen LogP contribution in [0.5, 0.6) is 0 Å². The average molecular weight is 883 g/mol. The number of hydrogen-bond acceptors (Lipinski definition) is 5. The van der Waals surface area contributed by atoms with Crippen LogP contribution in [0.4, 0.5) is 0 Å². The van der Waals surface area contributed by atoms with Gasteiger partial charge in [-0.1, -0.05) is 274 Å². The van der Waals surface area contributed by atoms with E-state index in [1.54, 1.807) is 0 Å². The predicted octanol–water partition coefficient (Wildman–Crippen LogP) is 18.5. The van der Waals surface area contributed by atoms with Crippen molar-refractivity contribution in [3.05, 3.63) is 48.6 Å². The molecule has 1 unspecified atom stereocenters. The Balaban J connectivity index is 3.35. The number of allylic oxidation sites excluding steroid dienone is 8. The zero-order chi connectivity index (χ0) is 45.6. The summed E-state index contributed by atoms with van der Waals surface area (Å²) in [6.07, 6.45) is 71.2. The highest BCUT2D eigenvalue weighted by molar-refractivity contribution is 5.70. The van der Waals surface area contributed by atoms with E-state index in [2.05, 4.69) is 62.5 Å². The van der Waals surface area contributed by atoms with Crippen LogP contribution in [0.2, 0.25) is 0 Å². The fraction of sp³-hybridized carbons (Fsp3) is 0.828. The molecule has 0 saturated carbocycles. The Morgan fingerprint density at radius 2 is 0.683 bits per heavy atom. The number of aliphatic hydroxyl groups excluding tert-OH is 1. The summed E-state index contributed by atoms with van der Waals surface area (Å²) in [6, 6.07) is 0. The summed E-state index contributed by atoms with van der Waals surface area (Å²) in [4.78, 5) is 24.3. The van der Waals surface area contributed by atoms with Crippen LogP contribution in [-0.2, 0) is 19.1 Å². The first-order chi connectivity index (χ1) is 31.1. The Hall–Kier alpha value is -2.14. The van der Waals surface area contributed by atoms with Gasteiger partial charge in [0.2, 0.25) is 0 Å². The maximum absolute atomic E-state index is 12.2. The molecule has 0 rings (SSSR count). The zero-order valence-corrected chi connectivity index (χ0v) is 42.1. The Morgan fingerprint density at radius 1 is 0.381 bits per heavy atom. The van der Waals surface area contributed by atoms with Gasteiger partial charge in [0.05, 0.1) is 6.61 Å². The molecule has 0 bridgehead atoms. The van der Waals surface area contributed by atoms with E-state index in [1.807, 2.05) is 0 Å². The van der Waals surface area contributed by atoms with Crippen molar-refractivity contribution in [2.75, 3.05) is 13.2 Å². The molecule has 0 aromatic heterocycles. The van der Waals surface area contributed by atoms with E-state index < -0.39 is 6.10 Å². The van der Waals surface area contributed by atoms with Crippen molar-refractivity contribution in [2.24, 2.45) is 0 Å². The lowest BCUT2D eigenvalue weighted by molar-refractivity contribution is -0.161. The number of esters is 2. The second-order valence-corrected chi connectivity index (χ2v) is 18.6. The molecule has 0 radical (unpaired) electrons. The SMILES string of the molecule is CC/C=C\C/C=C\C/C=C\C/C=C\CCCCCCCCCCCCCCCCCCCCCCCCCCCCC(=O)OC(CO)COC(=O)CCCCCCCCCCCC. The second kappa shape index (κ2) is 54.2. The highest BCUT2D eigenvalue weighted by Crippen LogP contribution is 2.17. The van der Waals surface area contributed by atoms with Gasteiger partial charge in [0.25, 0.3) is 0 Å². The molecule has 368 valence electrons. The Labute approximate surface area is 392 Å². The molecular formula is C58H106O5. The molecule has 0 fully saturated rings. The topological polar surface area (TPSA) is 72.8 Å². The number of ether oxygens (including phenoxy) is 2. The number of hydrogen-bond donors (Lipinski definition) is 1. The average Bonchev–Trinajstić information content (AvgIpc) is 3.29. The van der Waals surface area contributed by atoms with Crippen molar-refractivity contribution in [2.45, 2.75) is 296 Å². The van der Waals surface area contributed by atoms with Crippen LogP contribution >= 0.6 is 0 Å². The third-order valence-electron chi connectivity index (χ3n) is 12.4. The maximum Gasteiger partial charge on any atom is 0.306 e. The molecule has 0 aromatic carbocycles. The molecular weight excluding hydrogens is 777 g/mol. The number of carbonyl (C=O) groups excluding carboxylic acids is 2. The second-order valence-electron chi connectivity index (χ2n) is 18.6. The third kappa shape index (κ3) is 52.4. The summed E-state index contributed by atoms with van der Waals surface area (Å²) in [6.45, 7) is 4.04. The van der Waals surface area contributed by atoms with E-state index in [4.69, 9.17) is 9.47 Å². The molecule has 0 aliphatic heterocycles. The predicted molar refractivity (Wildman–Crippen MR) is 274 cm³/mol. The van der Waals surface area contributed by atoms with Crippen molar-refractivity contribution >= 4 is 11.9 Å². The monoisotopic (exact) mass is 883 g/mol. The van der Waals surface area contributed by atoms with Crippen LogP contribution in [0.3, 0.4) is 0 Å². The first-order valence-electron chi connectivity index (χ1n) is 27.7. The fourth-order valence-corrected chi connectivity index (χ4v) is 8.26. The number of unbranched alkanes of at least 4 members (excludes halogenated alkanes) is 35. The largest absolute Gasteiger partial charge is 0.462 e. The molecule has 1 N–H and O–H groups in total. The van der Waals surface area contributed by atoms with Gasteiger partial charge in [-0.3, -0.25) is 9.59 Å². The first kappa shape index (κ1) is 60.9. The smallest absolute Gasteiger partial charge is 0.306 e. The van der Waals surface area contributed by atoms with E-state index in [1.165, 1.54) is 199 Å². The Morgan fingerprint density at radius 3 is 1.03 bits per heavy atom. The molecule has 0 amide bonds. The van der Waals surface area contributed by atoms with Gasteiger partial charge in [0, 0.05) is 12.8 Å². The van der Waals surface area contributed by atoms with Crippen LogP contribution in [0, 0.1) is 0 Å². The lowest BCUT2D eigenvalue weighted by Crippen LogP contribution is -2.28. The summed E-state index contributed by atoms with van der Waals surface area (Å²) in [5.41, 5.74) is 0. The van der Waals surface area contributed by atoms with Crippen molar-refractivity contribution in [3.8, 4) is 0 Å². The molecule has 1 atom stereocenters. The summed E-state index contributed by atoms with van der Waals surface area (Å²) in [5, 5.41) is 9.59. The van der Waals surface area contributed by atoms with E-state index in [0.29, 0.717) is 12.8 Å². The molecule has 0 saturated heterocycles. The fourth-order valence-electron chi connectivity index (χ4n) is 8.26. The van der Waals surface area contributed by atoms with Gasteiger partial charge in [0.1, 0.15) is 6.61 Å². The third-order valence-corrected chi connectivity index (χ3v) is 12.4. The lowest BCUT2D eigenvalue weighted by Gasteiger charge is -2.15. The number of carbonyl (C=O) groups is 2. The summed E-state index contributed by atoms with van der Waals surface area (Å²) in [5.74, 6) is -0.578. The van der Waals surface area contributed by atoms with Crippen molar-refractivity contribution in [3.63, 3.8) is 0 Å². The Kier molecular flexibility index (Phi) is 52.4. The molecule has 5 nitrogen and oxygen atoms in total. The minimum atomic E-state index is -0.765. The van der Waals surface area contributed by atoms with E-state index in [-0.39, 0.29) is 25.2 Å². The van der Waals surface area contributed by atoms with Gasteiger partial charge in [-0.2, -0.15) is 0 Å². The van der Waals surface area contributed by atoms with Gasteiger partial charge in [-0.05, 0) is 51.4 Å². The van der Waals surface area contributed by atoms with E-state index >= 15 is 0 Å². The minimum Gasteiger partial charge on any atom is -0.462 e. The number of rotatable bonds is 51. The van der Waals surface area contributed by atoms with Crippen molar-refractivity contribution in [1.29, 1.82) is 0 Å². The maximum atomic E-state index is 12.2. The standard InChI is InChI=1S/C58H106O5/c1-3-5-7-9-11-13-15-16-17-18-19-20-21-22-23-24-25-26-27-28-29-30-31-32-33-34-35-36-37-38-39-40-41-42-43-45-47-49-51-53-58(61)63-56(54-59)55-62-57(60)52-50-48-46-44-14-12-10-8-6-4-2/h5,7,11,13,16-17,19-20,56,59H,3-4,6,8-10,12,14-15,18,21-55H2,1-2H3/b7-5-,13-11-,17-16-,20-19-. The first-order valence-corrected chi connectivity index (χ1v) is 27.7. The summed E-state index contributed by atoms with van der Waals surface area (Å²) < 4.78 is 10.6. The summed E-state index contributed by atoms with van der Waals surface area (Å²) >= 11 is 0. The van der Waals surface area contributed by atoms with Crippen LogP contribution in [-0.4, -0.2) is 36.4 Å². The normalized spacial score (nSPS) is 12.5. The van der Waals surface area contributed by atoms with E-state index in [9.17, 15) is 14.7 Å². The lowest BCUT2D eigenvalue weighted by atomic mass is 10.0. The van der Waals surface area contributed by atoms with Gasteiger partial charge >= 0.3 is 11.9 Å². The van der Waals surface area contributed by atoms with Crippen LogP contribution in [0.15, 0.2) is 48.6 Å².